The number of ether oxygens (including phenoxy) is 1. The molecule has 0 aromatic heterocycles. The van der Waals surface area contributed by atoms with E-state index in [9.17, 15) is 4.79 Å². The van der Waals surface area contributed by atoms with Gasteiger partial charge in [-0.05, 0) is 56.2 Å². The lowest BCUT2D eigenvalue weighted by Crippen LogP contribution is -2.40. The fourth-order valence-corrected chi connectivity index (χ4v) is 3.35. The summed E-state index contributed by atoms with van der Waals surface area (Å²) in [6.45, 7) is 8.30. The maximum absolute atomic E-state index is 11.8. The van der Waals surface area contributed by atoms with Gasteiger partial charge in [0.05, 0.1) is 6.54 Å². The van der Waals surface area contributed by atoms with Crippen LogP contribution >= 0.6 is 0 Å². The van der Waals surface area contributed by atoms with E-state index in [4.69, 9.17) is 9.73 Å². The van der Waals surface area contributed by atoms with Gasteiger partial charge in [0.25, 0.3) is 0 Å². The van der Waals surface area contributed by atoms with E-state index in [-0.39, 0.29) is 5.91 Å². The van der Waals surface area contributed by atoms with Crippen molar-refractivity contribution in [3.8, 4) is 0 Å². The molecule has 156 valence electrons. The summed E-state index contributed by atoms with van der Waals surface area (Å²) in [6.07, 6.45) is 4.90. The van der Waals surface area contributed by atoms with Gasteiger partial charge in [0.2, 0.25) is 5.91 Å². The van der Waals surface area contributed by atoms with E-state index in [1.165, 1.54) is 6.42 Å². The smallest absolute Gasteiger partial charge is 0.224 e. The second-order valence-corrected chi connectivity index (χ2v) is 7.43. The summed E-state index contributed by atoms with van der Waals surface area (Å²) in [7, 11) is 2.10. The molecule has 1 fully saturated rings. The van der Waals surface area contributed by atoms with E-state index in [1.54, 1.807) is 0 Å². The molecule has 0 atom stereocenters. The standard InChI is InChI=1S/C22H36N4O2/c1-4-7-21(27)25-20-9-6-8-19(16-20)17-24-22(23-5-2)26(3)13-10-18-11-14-28-15-12-18/h6,8-9,16,18H,4-5,7,10-15,17H2,1-3H3,(H,23,24)(H,25,27). The molecule has 1 aromatic carbocycles. The number of hydrogen-bond donors (Lipinski definition) is 2. The Morgan fingerprint density at radius 3 is 2.79 bits per heavy atom. The first-order valence-corrected chi connectivity index (χ1v) is 10.6. The molecule has 1 amide bonds. The van der Waals surface area contributed by atoms with Crippen molar-refractivity contribution >= 4 is 17.6 Å². The number of rotatable bonds is 9. The Kier molecular flexibility index (Phi) is 9.83. The highest BCUT2D eigenvalue weighted by atomic mass is 16.5. The van der Waals surface area contributed by atoms with Gasteiger partial charge in [-0.2, -0.15) is 0 Å². The number of carbonyl (C=O) groups excluding carboxylic acids is 1. The normalized spacial score (nSPS) is 15.3. The molecule has 0 saturated carbocycles. The Labute approximate surface area is 169 Å². The quantitative estimate of drug-likeness (QED) is 0.501. The minimum atomic E-state index is 0.0596. The predicted octanol–water partition coefficient (Wildman–Crippen LogP) is 3.64. The largest absolute Gasteiger partial charge is 0.381 e. The highest BCUT2D eigenvalue weighted by molar-refractivity contribution is 5.90. The van der Waals surface area contributed by atoms with Gasteiger partial charge in [-0.3, -0.25) is 4.79 Å². The van der Waals surface area contributed by atoms with E-state index < -0.39 is 0 Å². The van der Waals surface area contributed by atoms with Gasteiger partial charge in [-0.1, -0.05) is 19.1 Å². The minimum Gasteiger partial charge on any atom is -0.381 e. The molecule has 0 spiro atoms. The van der Waals surface area contributed by atoms with Crippen molar-refractivity contribution in [3.63, 3.8) is 0 Å². The molecule has 0 bridgehead atoms. The third kappa shape index (κ3) is 7.89. The monoisotopic (exact) mass is 388 g/mol. The number of guanidine groups is 1. The van der Waals surface area contributed by atoms with Gasteiger partial charge in [0.15, 0.2) is 5.96 Å². The third-order valence-corrected chi connectivity index (χ3v) is 5.01. The van der Waals surface area contributed by atoms with Crippen molar-refractivity contribution in [3.05, 3.63) is 29.8 Å². The van der Waals surface area contributed by atoms with Crippen molar-refractivity contribution in [1.82, 2.24) is 10.2 Å². The molecule has 1 saturated heterocycles. The summed E-state index contributed by atoms with van der Waals surface area (Å²) < 4.78 is 5.45. The molecule has 1 aliphatic rings. The third-order valence-electron chi connectivity index (χ3n) is 5.01. The van der Waals surface area contributed by atoms with Crippen LogP contribution in [0.1, 0.15) is 51.5 Å². The highest BCUT2D eigenvalue weighted by Crippen LogP contribution is 2.18. The highest BCUT2D eigenvalue weighted by Gasteiger charge is 2.15. The van der Waals surface area contributed by atoms with Crippen LogP contribution in [0.25, 0.3) is 0 Å². The van der Waals surface area contributed by atoms with Crippen LogP contribution < -0.4 is 10.6 Å². The number of hydrogen-bond acceptors (Lipinski definition) is 3. The van der Waals surface area contributed by atoms with Crippen molar-refractivity contribution < 1.29 is 9.53 Å². The van der Waals surface area contributed by atoms with E-state index in [0.717, 1.165) is 68.7 Å². The number of aliphatic imine (C=N–C) groups is 1. The zero-order chi connectivity index (χ0) is 20.2. The van der Waals surface area contributed by atoms with Crippen molar-refractivity contribution in [2.75, 3.05) is 38.7 Å². The molecule has 1 aliphatic heterocycles. The molecule has 1 aromatic rings. The van der Waals surface area contributed by atoms with E-state index >= 15 is 0 Å². The summed E-state index contributed by atoms with van der Waals surface area (Å²) in [4.78, 5) is 18.8. The SMILES string of the molecule is CCCC(=O)Nc1cccc(CN=C(NCC)N(C)CCC2CCOCC2)c1. The molecule has 6 nitrogen and oxygen atoms in total. The number of nitrogens with one attached hydrogen (secondary N) is 2. The minimum absolute atomic E-state index is 0.0596. The molecule has 6 heteroatoms. The average molecular weight is 389 g/mol. The van der Waals surface area contributed by atoms with Crippen LogP contribution in [0.5, 0.6) is 0 Å². The fourth-order valence-electron chi connectivity index (χ4n) is 3.35. The first-order valence-electron chi connectivity index (χ1n) is 10.6. The van der Waals surface area contributed by atoms with Gasteiger partial charge in [-0.25, -0.2) is 4.99 Å². The Morgan fingerprint density at radius 2 is 2.07 bits per heavy atom. The maximum atomic E-state index is 11.8. The number of amides is 1. The number of nitrogens with zero attached hydrogens (tertiary/aromatic N) is 2. The lowest BCUT2D eigenvalue weighted by Gasteiger charge is -2.26. The van der Waals surface area contributed by atoms with Gasteiger partial charge < -0.3 is 20.3 Å². The lowest BCUT2D eigenvalue weighted by molar-refractivity contribution is -0.116. The molecular weight excluding hydrogens is 352 g/mol. The van der Waals surface area contributed by atoms with E-state index in [1.807, 2.05) is 31.2 Å². The van der Waals surface area contributed by atoms with Gasteiger partial charge >= 0.3 is 0 Å². The average Bonchev–Trinajstić information content (AvgIpc) is 2.70. The maximum Gasteiger partial charge on any atom is 0.224 e. The molecule has 0 aliphatic carbocycles. The van der Waals surface area contributed by atoms with Crippen LogP contribution in [-0.2, 0) is 16.1 Å². The summed E-state index contributed by atoms with van der Waals surface area (Å²) >= 11 is 0. The molecule has 1 heterocycles. The van der Waals surface area contributed by atoms with Crippen LogP contribution in [0.3, 0.4) is 0 Å². The van der Waals surface area contributed by atoms with Gasteiger partial charge in [0, 0.05) is 45.5 Å². The van der Waals surface area contributed by atoms with Gasteiger partial charge in [0.1, 0.15) is 0 Å². The molecule has 28 heavy (non-hydrogen) atoms. The van der Waals surface area contributed by atoms with Crippen molar-refractivity contribution in [2.45, 2.75) is 52.5 Å². The van der Waals surface area contributed by atoms with Crippen molar-refractivity contribution in [2.24, 2.45) is 10.9 Å². The number of anilines is 1. The summed E-state index contributed by atoms with van der Waals surface area (Å²) in [5.41, 5.74) is 1.92. The molecular formula is C22H36N4O2. The second kappa shape index (κ2) is 12.4. The van der Waals surface area contributed by atoms with E-state index in [2.05, 4.69) is 29.5 Å². The molecule has 2 N–H and O–H groups in total. The Hall–Kier alpha value is -2.08. The van der Waals surface area contributed by atoms with Crippen molar-refractivity contribution in [1.29, 1.82) is 0 Å². The molecule has 0 radical (unpaired) electrons. The zero-order valence-corrected chi connectivity index (χ0v) is 17.7. The first kappa shape index (κ1) is 22.2. The zero-order valence-electron chi connectivity index (χ0n) is 17.7. The van der Waals surface area contributed by atoms with Crippen LogP contribution in [0, 0.1) is 5.92 Å². The van der Waals surface area contributed by atoms with Crippen LogP contribution in [0.15, 0.2) is 29.3 Å². The van der Waals surface area contributed by atoms with E-state index in [0.29, 0.717) is 13.0 Å². The fraction of sp³-hybridized carbons (Fsp3) is 0.636. The summed E-state index contributed by atoms with van der Waals surface area (Å²) in [6, 6.07) is 7.94. The Morgan fingerprint density at radius 1 is 1.29 bits per heavy atom. The van der Waals surface area contributed by atoms with Crippen LogP contribution in [-0.4, -0.2) is 50.1 Å². The Balaban J connectivity index is 1.92. The first-order chi connectivity index (χ1) is 13.6. The predicted molar refractivity (Wildman–Crippen MR) is 116 cm³/mol. The topological polar surface area (TPSA) is 66.0 Å². The number of carbonyl (C=O) groups is 1. The summed E-state index contributed by atoms with van der Waals surface area (Å²) in [5.74, 6) is 1.74. The lowest BCUT2D eigenvalue weighted by atomic mass is 9.96. The van der Waals surface area contributed by atoms with Crippen LogP contribution in [0.4, 0.5) is 5.69 Å². The summed E-state index contributed by atoms with van der Waals surface area (Å²) in [5, 5.41) is 6.34. The van der Waals surface area contributed by atoms with Crippen LogP contribution in [0.2, 0.25) is 0 Å². The molecule has 0 unspecified atom stereocenters. The molecule has 2 rings (SSSR count). The van der Waals surface area contributed by atoms with Gasteiger partial charge in [-0.15, -0.1) is 0 Å². The number of benzene rings is 1. The Bertz CT molecular complexity index is 627. The second-order valence-electron chi connectivity index (χ2n) is 7.43.